The number of nitrogens with zero attached hydrogens (tertiary/aromatic N) is 2. The van der Waals surface area contributed by atoms with Crippen LogP contribution in [0.4, 0.5) is 0 Å². The van der Waals surface area contributed by atoms with Gasteiger partial charge in [0, 0.05) is 25.2 Å². The van der Waals surface area contributed by atoms with Gasteiger partial charge in [-0.15, -0.1) is 0 Å². The van der Waals surface area contributed by atoms with E-state index < -0.39 is 0 Å². The number of aromatic nitrogens is 1. The summed E-state index contributed by atoms with van der Waals surface area (Å²) >= 11 is 0. The number of oxazole rings is 1. The van der Waals surface area contributed by atoms with Gasteiger partial charge in [0.05, 0.1) is 12.2 Å². The minimum atomic E-state index is 0.286. The van der Waals surface area contributed by atoms with E-state index in [1.165, 1.54) is 5.56 Å². The maximum atomic E-state index is 5.89. The van der Waals surface area contributed by atoms with Crippen molar-refractivity contribution in [2.24, 2.45) is 0 Å². The normalized spacial score (nSPS) is 22.1. The first-order valence-electron chi connectivity index (χ1n) is 8.50. The van der Waals surface area contributed by atoms with E-state index >= 15 is 0 Å². The highest BCUT2D eigenvalue weighted by Gasteiger charge is 2.22. The molecule has 24 heavy (non-hydrogen) atoms. The van der Waals surface area contributed by atoms with Crippen molar-refractivity contribution in [2.45, 2.75) is 32.6 Å². The van der Waals surface area contributed by atoms with Gasteiger partial charge in [-0.05, 0) is 43.7 Å². The zero-order valence-electron chi connectivity index (χ0n) is 14.1. The van der Waals surface area contributed by atoms with Crippen LogP contribution in [0.1, 0.15) is 19.4 Å². The molecule has 0 unspecified atom stereocenters. The third-order valence-corrected chi connectivity index (χ3v) is 4.37. The Hall–Kier alpha value is -2.17. The van der Waals surface area contributed by atoms with Gasteiger partial charge in [0.15, 0.2) is 5.58 Å². The summed E-state index contributed by atoms with van der Waals surface area (Å²) in [7, 11) is 0. The Morgan fingerprint density at radius 3 is 2.54 bits per heavy atom. The fraction of sp³-hybridized carbons (Fsp3) is 0.350. The lowest BCUT2D eigenvalue weighted by Gasteiger charge is -2.35. The van der Waals surface area contributed by atoms with Gasteiger partial charge < -0.3 is 9.15 Å². The van der Waals surface area contributed by atoms with Gasteiger partial charge in [-0.3, -0.25) is 4.90 Å². The highest BCUT2D eigenvalue weighted by atomic mass is 16.5. The number of benzene rings is 2. The molecule has 3 aromatic rings. The Morgan fingerprint density at radius 1 is 1.04 bits per heavy atom. The number of fused-ring (bicyclic) bond motifs is 1. The van der Waals surface area contributed by atoms with Gasteiger partial charge in [-0.1, -0.05) is 24.3 Å². The van der Waals surface area contributed by atoms with Crippen LogP contribution in [0.3, 0.4) is 0 Å². The Balaban J connectivity index is 1.57. The second-order valence-electron chi connectivity index (χ2n) is 6.64. The summed E-state index contributed by atoms with van der Waals surface area (Å²) in [5, 5.41) is 0. The van der Waals surface area contributed by atoms with Crippen molar-refractivity contribution in [3.05, 3.63) is 54.1 Å². The van der Waals surface area contributed by atoms with Gasteiger partial charge in [0.25, 0.3) is 0 Å². The zero-order chi connectivity index (χ0) is 16.5. The highest BCUT2D eigenvalue weighted by molar-refractivity contribution is 5.76. The summed E-state index contributed by atoms with van der Waals surface area (Å²) in [5.41, 5.74) is 4.02. The molecule has 0 radical (unpaired) electrons. The maximum Gasteiger partial charge on any atom is 0.227 e. The first kappa shape index (κ1) is 15.4. The standard InChI is InChI=1S/C20H22N2O2/c1-14-11-22(12-15(2)23-14)13-16-8-9-19-18(10-16)21-20(24-19)17-6-4-3-5-7-17/h3-10,14-15H,11-13H2,1-2H3/t14-,15-/m1/s1. The zero-order valence-corrected chi connectivity index (χ0v) is 14.1. The van der Waals surface area contributed by atoms with E-state index in [1.54, 1.807) is 0 Å². The highest BCUT2D eigenvalue weighted by Crippen LogP contribution is 2.25. The maximum absolute atomic E-state index is 5.89. The lowest BCUT2D eigenvalue weighted by Crippen LogP contribution is -2.44. The van der Waals surface area contributed by atoms with E-state index in [4.69, 9.17) is 9.15 Å². The average Bonchev–Trinajstić information content (AvgIpc) is 2.98. The molecule has 0 aliphatic carbocycles. The SMILES string of the molecule is C[C@@H]1CN(Cc2ccc3oc(-c4ccccc4)nc3c2)C[C@@H](C)O1. The molecular weight excluding hydrogens is 300 g/mol. The number of rotatable bonds is 3. The van der Waals surface area contributed by atoms with Crippen LogP contribution in [0.15, 0.2) is 52.9 Å². The molecule has 1 saturated heterocycles. The molecule has 0 saturated carbocycles. The van der Waals surface area contributed by atoms with Gasteiger partial charge in [-0.25, -0.2) is 4.98 Å². The summed E-state index contributed by atoms with van der Waals surface area (Å²) < 4.78 is 11.7. The number of ether oxygens (including phenoxy) is 1. The van der Waals surface area contributed by atoms with E-state index in [0.717, 1.165) is 36.3 Å². The molecule has 0 bridgehead atoms. The molecule has 4 nitrogen and oxygen atoms in total. The quantitative estimate of drug-likeness (QED) is 0.727. The van der Waals surface area contributed by atoms with E-state index in [-0.39, 0.29) is 12.2 Å². The molecule has 2 heterocycles. The first-order chi connectivity index (χ1) is 11.7. The van der Waals surface area contributed by atoms with Crippen LogP contribution in [0.25, 0.3) is 22.6 Å². The van der Waals surface area contributed by atoms with Crippen LogP contribution in [-0.2, 0) is 11.3 Å². The van der Waals surface area contributed by atoms with Crippen LogP contribution in [-0.4, -0.2) is 35.2 Å². The van der Waals surface area contributed by atoms with E-state index in [2.05, 4.69) is 35.9 Å². The monoisotopic (exact) mass is 322 g/mol. The Morgan fingerprint density at radius 2 is 1.79 bits per heavy atom. The lowest BCUT2D eigenvalue weighted by molar-refractivity contribution is -0.0704. The molecule has 4 heteroatoms. The van der Waals surface area contributed by atoms with Crippen molar-refractivity contribution in [1.29, 1.82) is 0 Å². The van der Waals surface area contributed by atoms with Gasteiger partial charge in [0.1, 0.15) is 5.52 Å². The lowest BCUT2D eigenvalue weighted by atomic mass is 10.1. The molecule has 1 aliphatic rings. The summed E-state index contributed by atoms with van der Waals surface area (Å²) in [4.78, 5) is 7.10. The molecule has 1 fully saturated rings. The van der Waals surface area contributed by atoms with Crippen LogP contribution >= 0.6 is 0 Å². The smallest absolute Gasteiger partial charge is 0.227 e. The fourth-order valence-corrected chi connectivity index (χ4v) is 3.45. The molecule has 2 atom stereocenters. The number of hydrogen-bond donors (Lipinski definition) is 0. The van der Waals surface area contributed by atoms with Crippen LogP contribution in [0.5, 0.6) is 0 Å². The molecule has 1 aliphatic heterocycles. The summed E-state index contributed by atoms with van der Waals surface area (Å²) in [5.74, 6) is 0.677. The van der Waals surface area contributed by atoms with Crippen molar-refractivity contribution < 1.29 is 9.15 Å². The third kappa shape index (κ3) is 3.21. The summed E-state index contributed by atoms with van der Waals surface area (Å²) in [6, 6.07) is 16.3. The van der Waals surface area contributed by atoms with E-state index in [9.17, 15) is 0 Å². The molecule has 1 aromatic heterocycles. The number of hydrogen-bond acceptors (Lipinski definition) is 4. The fourth-order valence-electron chi connectivity index (χ4n) is 3.45. The van der Waals surface area contributed by atoms with Crippen LogP contribution < -0.4 is 0 Å². The molecule has 0 spiro atoms. The Kier molecular flexibility index (Phi) is 4.08. The van der Waals surface area contributed by atoms with E-state index in [1.807, 2.05) is 36.4 Å². The summed E-state index contributed by atoms with van der Waals surface area (Å²) in [6.45, 7) is 7.12. The van der Waals surface area contributed by atoms with Crippen molar-refractivity contribution >= 4 is 11.1 Å². The Labute approximate surface area is 142 Å². The van der Waals surface area contributed by atoms with Crippen molar-refractivity contribution in [3.8, 4) is 11.5 Å². The first-order valence-corrected chi connectivity index (χ1v) is 8.50. The third-order valence-electron chi connectivity index (χ3n) is 4.37. The molecule has 124 valence electrons. The van der Waals surface area contributed by atoms with Gasteiger partial charge in [0.2, 0.25) is 5.89 Å². The van der Waals surface area contributed by atoms with Gasteiger partial charge >= 0.3 is 0 Å². The predicted molar refractivity (Wildman–Crippen MR) is 94.7 cm³/mol. The second kappa shape index (κ2) is 6.38. The average molecular weight is 322 g/mol. The Bertz CT molecular complexity index is 818. The largest absolute Gasteiger partial charge is 0.436 e. The van der Waals surface area contributed by atoms with Crippen LogP contribution in [0, 0.1) is 0 Å². The van der Waals surface area contributed by atoms with Gasteiger partial charge in [-0.2, -0.15) is 0 Å². The molecule has 2 aromatic carbocycles. The van der Waals surface area contributed by atoms with Crippen LogP contribution in [0.2, 0.25) is 0 Å². The molecule has 0 amide bonds. The second-order valence-corrected chi connectivity index (χ2v) is 6.64. The molecule has 4 rings (SSSR count). The predicted octanol–water partition coefficient (Wildman–Crippen LogP) is 4.10. The van der Waals surface area contributed by atoms with Crippen molar-refractivity contribution in [1.82, 2.24) is 9.88 Å². The topological polar surface area (TPSA) is 38.5 Å². The van der Waals surface area contributed by atoms with Crippen molar-refractivity contribution in [3.63, 3.8) is 0 Å². The van der Waals surface area contributed by atoms with E-state index in [0.29, 0.717) is 5.89 Å². The van der Waals surface area contributed by atoms with Crippen molar-refractivity contribution in [2.75, 3.05) is 13.1 Å². The summed E-state index contributed by atoms with van der Waals surface area (Å²) in [6.07, 6.45) is 0.573. The minimum Gasteiger partial charge on any atom is -0.436 e. The number of morpholine rings is 1. The molecular formula is C20H22N2O2. The minimum absolute atomic E-state index is 0.286. The molecule has 0 N–H and O–H groups in total.